The summed E-state index contributed by atoms with van der Waals surface area (Å²) in [6, 6.07) is 15.5. The van der Waals surface area contributed by atoms with Gasteiger partial charge in [0.25, 0.3) is 0 Å². The van der Waals surface area contributed by atoms with Gasteiger partial charge in [-0.15, -0.1) is 0 Å². The minimum absolute atomic E-state index is 0.0840. The Morgan fingerprint density at radius 3 is 2.05 bits per heavy atom. The molecule has 0 atom stereocenters. The highest BCUT2D eigenvalue weighted by molar-refractivity contribution is 7.16. The molecule has 11 heteroatoms. The van der Waals surface area contributed by atoms with E-state index in [0.717, 1.165) is 106 Å². The first-order valence-corrected chi connectivity index (χ1v) is 15.1. The van der Waals surface area contributed by atoms with Crippen molar-refractivity contribution in [2.24, 2.45) is 10.9 Å². The lowest BCUT2D eigenvalue weighted by atomic mass is 10.1. The molecule has 2 aromatic carbocycles. The van der Waals surface area contributed by atoms with E-state index in [2.05, 4.69) is 27.1 Å². The summed E-state index contributed by atoms with van der Waals surface area (Å²) in [5.74, 6) is 1.72. The number of thiazole rings is 1. The van der Waals surface area contributed by atoms with Crippen LogP contribution in [0.4, 0.5) is 5.13 Å². The van der Waals surface area contributed by atoms with Crippen molar-refractivity contribution < 1.29 is 24.2 Å². The van der Waals surface area contributed by atoms with Gasteiger partial charge in [0.15, 0.2) is 11.0 Å². The summed E-state index contributed by atoms with van der Waals surface area (Å²) in [6.45, 7) is 8.92. The molecule has 2 aliphatic heterocycles. The number of unbranched alkanes of at least 4 members (excludes halogenated alkanes) is 2. The molecule has 2 aliphatic rings. The van der Waals surface area contributed by atoms with E-state index in [9.17, 15) is 0 Å². The van der Waals surface area contributed by atoms with Crippen LogP contribution in [0.1, 0.15) is 29.7 Å². The number of rotatable bonds is 13. The molecule has 1 aromatic heterocycles. The molecular formula is C30H39N5O5S. The molecule has 0 radical (unpaired) electrons. The normalized spacial score (nSPS) is 16.6. The molecule has 0 spiro atoms. The van der Waals surface area contributed by atoms with Crippen molar-refractivity contribution in [3.63, 3.8) is 0 Å². The standard InChI is InChI=1S/C30H39N5O5S/c31-29(33-36)24-6-10-26(11-7-24)40-17-3-1-2-16-39-25-8-4-23(5-9-25)28-27(22-34-12-18-37-19-13-34)41-30(32-28)35-14-20-38-21-15-35/h4-11,36H,1-3,12-22H2,(H2,31,33). The van der Waals surface area contributed by atoms with Gasteiger partial charge >= 0.3 is 0 Å². The van der Waals surface area contributed by atoms with Crippen LogP contribution in [0.5, 0.6) is 11.5 Å². The summed E-state index contributed by atoms with van der Waals surface area (Å²) in [4.78, 5) is 11.2. The number of nitrogens with two attached hydrogens (primary N) is 1. The highest BCUT2D eigenvalue weighted by atomic mass is 32.1. The molecule has 3 heterocycles. The Labute approximate surface area is 245 Å². The van der Waals surface area contributed by atoms with E-state index in [1.165, 1.54) is 4.88 Å². The summed E-state index contributed by atoms with van der Waals surface area (Å²) in [5, 5.41) is 12.8. The molecule has 220 valence electrons. The highest BCUT2D eigenvalue weighted by Gasteiger charge is 2.22. The van der Waals surface area contributed by atoms with Crippen molar-refractivity contribution in [2.45, 2.75) is 25.8 Å². The SMILES string of the molecule is N/C(=N\O)c1ccc(OCCCCCOc2ccc(-c3nc(N4CCOCC4)sc3CN3CCOCC3)cc2)cc1. The van der Waals surface area contributed by atoms with Gasteiger partial charge in [-0.1, -0.05) is 16.5 Å². The van der Waals surface area contributed by atoms with Crippen LogP contribution in [-0.2, 0) is 16.0 Å². The van der Waals surface area contributed by atoms with Crippen LogP contribution in [0, 0.1) is 0 Å². The molecule has 0 amide bonds. The molecule has 0 saturated carbocycles. The number of ether oxygens (including phenoxy) is 4. The number of hydrogen-bond donors (Lipinski definition) is 2. The number of hydrogen-bond acceptors (Lipinski definition) is 10. The summed E-state index contributed by atoms with van der Waals surface area (Å²) in [5.41, 5.74) is 8.43. The van der Waals surface area contributed by atoms with E-state index >= 15 is 0 Å². The molecule has 3 N–H and O–H groups in total. The third-order valence-electron chi connectivity index (χ3n) is 7.15. The van der Waals surface area contributed by atoms with Gasteiger partial charge in [0.2, 0.25) is 0 Å². The number of nitrogens with zero attached hydrogens (tertiary/aromatic N) is 4. The second-order valence-corrected chi connectivity index (χ2v) is 11.1. The van der Waals surface area contributed by atoms with Crippen molar-refractivity contribution >= 4 is 22.3 Å². The third-order valence-corrected chi connectivity index (χ3v) is 8.25. The fraction of sp³-hybridized carbons (Fsp3) is 0.467. The molecule has 0 aliphatic carbocycles. The van der Waals surface area contributed by atoms with Crippen LogP contribution >= 0.6 is 11.3 Å². The van der Waals surface area contributed by atoms with E-state index in [1.807, 2.05) is 24.3 Å². The van der Waals surface area contributed by atoms with Crippen molar-refractivity contribution in [3.05, 3.63) is 59.0 Å². The lowest BCUT2D eigenvalue weighted by Gasteiger charge is -2.26. The minimum atomic E-state index is 0.0840. The van der Waals surface area contributed by atoms with Gasteiger partial charge in [0.05, 0.1) is 45.3 Å². The van der Waals surface area contributed by atoms with Crippen LogP contribution in [0.15, 0.2) is 53.7 Å². The Kier molecular flexibility index (Phi) is 10.7. The van der Waals surface area contributed by atoms with Crippen molar-refractivity contribution in [2.75, 3.05) is 70.7 Å². The Morgan fingerprint density at radius 2 is 1.44 bits per heavy atom. The first kappa shape index (κ1) is 29.1. The van der Waals surface area contributed by atoms with Crippen LogP contribution < -0.4 is 20.1 Å². The average Bonchev–Trinajstić information content (AvgIpc) is 3.45. The molecule has 2 fully saturated rings. The quantitative estimate of drug-likeness (QED) is 0.101. The fourth-order valence-electron chi connectivity index (χ4n) is 4.77. The number of amidine groups is 1. The van der Waals surface area contributed by atoms with Gasteiger partial charge in [0, 0.05) is 48.7 Å². The van der Waals surface area contributed by atoms with E-state index < -0.39 is 0 Å². The topological polar surface area (TPSA) is 115 Å². The van der Waals surface area contributed by atoms with Gasteiger partial charge in [-0.2, -0.15) is 0 Å². The first-order valence-electron chi connectivity index (χ1n) is 14.3. The lowest BCUT2D eigenvalue weighted by Crippen LogP contribution is -2.36. The molecule has 10 nitrogen and oxygen atoms in total. The zero-order valence-corrected chi connectivity index (χ0v) is 24.2. The monoisotopic (exact) mass is 581 g/mol. The van der Waals surface area contributed by atoms with Gasteiger partial charge < -0.3 is 34.8 Å². The molecule has 2 saturated heterocycles. The van der Waals surface area contributed by atoms with Crippen LogP contribution in [0.3, 0.4) is 0 Å². The lowest BCUT2D eigenvalue weighted by molar-refractivity contribution is 0.0347. The Hall–Kier alpha value is -3.38. The zero-order valence-electron chi connectivity index (χ0n) is 23.4. The van der Waals surface area contributed by atoms with Crippen molar-refractivity contribution in [3.8, 4) is 22.8 Å². The van der Waals surface area contributed by atoms with Gasteiger partial charge in [-0.05, 0) is 67.8 Å². The maximum Gasteiger partial charge on any atom is 0.186 e. The maximum atomic E-state index is 8.75. The molecule has 41 heavy (non-hydrogen) atoms. The molecule has 3 aromatic rings. The van der Waals surface area contributed by atoms with E-state index in [4.69, 9.17) is 34.9 Å². The zero-order chi connectivity index (χ0) is 28.3. The first-order chi connectivity index (χ1) is 20.2. The Bertz CT molecular complexity index is 1240. The van der Waals surface area contributed by atoms with Crippen molar-refractivity contribution in [1.82, 2.24) is 9.88 Å². The number of oxime groups is 1. The second-order valence-electron chi connectivity index (χ2n) is 10.0. The van der Waals surface area contributed by atoms with Crippen LogP contribution in [0.25, 0.3) is 11.3 Å². The minimum Gasteiger partial charge on any atom is -0.494 e. The molecule has 0 bridgehead atoms. The molecule has 0 unspecified atom stereocenters. The molecular weight excluding hydrogens is 542 g/mol. The predicted octanol–water partition coefficient (Wildman–Crippen LogP) is 4.20. The van der Waals surface area contributed by atoms with Gasteiger partial charge in [0.1, 0.15) is 11.5 Å². The summed E-state index contributed by atoms with van der Waals surface area (Å²) in [7, 11) is 0. The summed E-state index contributed by atoms with van der Waals surface area (Å²) < 4.78 is 22.9. The van der Waals surface area contributed by atoms with Crippen LogP contribution in [0.2, 0.25) is 0 Å². The second kappa shape index (κ2) is 15.0. The number of anilines is 1. The highest BCUT2D eigenvalue weighted by Crippen LogP contribution is 2.35. The van der Waals surface area contributed by atoms with E-state index in [-0.39, 0.29) is 5.84 Å². The number of morpholine rings is 2. The fourth-order valence-corrected chi connectivity index (χ4v) is 5.95. The van der Waals surface area contributed by atoms with Gasteiger partial charge in [-0.3, -0.25) is 4.90 Å². The summed E-state index contributed by atoms with van der Waals surface area (Å²) >= 11 is 1.80. The van der Waals surface area contributed by atoms with E-state index in [0.29, 0.717) is 18.8 Å². The third kappa shape index (κ3) is 8.32. The number of benzene rings is 2. The Balaban J connectivity index is 1.09. The van der Waals surface area contributed by atoms with Crippen molar-refractivity contribution in [1.29, 1.82) is 0 Å². The smallest absolute Gasteiger partial charge is 0.186 e. The van der Waals surface area contributed by atoms with Crippen LogP contribution in [-0.4, -0.2) is 86.7 Å². The average molecular weight is 582 g/mol. The maximum absolute atomic E-state index is 8.75. The van der Waals surface area contributed by atoms with Gasteiger partial charge in [-0.25, -0.2) is 4.98 Å². The summed E-state index contributed by atoms with van der Waals surface area (Å²) in [6.07, 6.45) is 2.89. The number of aromatic nitrogens is 1. The largest absolute Gasteiger partial charge is 0.494 e. The predicted molar refractivity (Wildman–Crippen MR) is 160 cm³/mol. The van der Waals surface area contributed by atoms with E-state index in [1.54, 1.807) is 23.5 Å². The molecule has 5 rings (SSSR count). The Morgan fingerprint density at radius 1 is 0.854 bits per heavy atom.